The maximum Gasteiger partial charge on any atom is 1.00 e. The Balaban J connectivity index is 0.00000441. The fourth-order valence-electron chi connectivity index (χ4n) is 2.61. The quantitative estimate of drug-likeness (QED) is 0.494. The Hall–Kier alpha value is 0.126. The summed E-state index contributed by atoms with van der Waals surface area (Å²) >= 11 is 0. The van der Waals surface area contributed by atoms with E-state index >= 15 is 0 Å². The Labute approximate surface area is 176 Å². The van der Waals surface area contributed by atoms with E-state index in [0.717, 1.165) is 12.8 Å². The van der Waals surface area contributed by atoms with Crippen molar-refractivity contribution in [3.63, 3.8) is 0 Å². The van der Waals surface area contributed by atoms with E-state index in [0.29, 0.717) is 12.0 Å². The van der Waals surface area contributed by atoms with Crippen LogP contribution in [-0.2, 0) is 6.42 Å². The van der Waals surface area contributed by atoms with Crippen molar-refractivity contribution < 1.29 is 66.4 Å². The molecule has 0 aliphatic carbocycles. The first kappa shape index (κ1) is 22.1. The van der Waals surface area contributed by atoms with Crippen LogP contribution in [0.2, 0.25) is 0 Å². The van der Waals surface area contributed by atoms with Crippen LogP contribution in [0.1, 0.15) is 80.6 Å². The minimum absolute atomic E-state index is 0. The summed E-state index contributed by atoms with van der Waals surface area (Å²) in [5, 5.41) is 20.4. The number of carboxylic acid groups (broad SMARTS) is 1. The van der Waals surface area contributed by atoms with Crippen molar-refractivity contribution in [1.82, 2.24) is 0 Å². The third-order valence-corrected chi connectivity index (χ3v) is 3.86. The molecule has 1 rings (SSSR count). The number of carbonyl (C=O) groups is 1. The summed E-state index contributed by atoms with van der Waals surface area (Å²) in [6, 6.07) is 4.21. The Bertz CT molecular complexity index is 432. The third kappa shape index (κ3) is 9.31. The van der Waals surface area contributed by atoms with Gasteiger partial charge in [-0.2, -0.15) is 0 Å². The molecule has 0 aliphatic heterocycles. The zero-order valence-electron chi connectivity index (χ0n) is 14.1. The molecule has 0 unspecified atom stereocenters. The molecule has 0 saturated heterocycles. The number of rotatable bonds is 11. The number of hydrogen-bond donors (Lipinski definition) is 1. The van der Waals surface area contributed by atoms with Crippen LogP contribution in [0.25, 0.3) is 0 Å². The maximum absolute atomic E-state index is 11.3. The molecule has 0 fully saturated rings. The summed E-state index contributed by atoms with van der Waals surface area (Å²) in [5.41, 5.74) is 0.951. The average molecular weight is 331 g/mol. The SMILES string of the molecule is CCCCCCCCCCCc1cc([O-])ccc1C(=O)O.[K+]. The second-order valence-electron chi connectivity index (χ2n) is 5.70. The Kier molecular flexibility index (Phi) is 13.6. The molecule has 0 amide bonds. The molecule has 0 saturated carbocycles. The molecule has 1 N–H and O–H groups in total. The van der Waals surface area contributed by atoms with Crippen molar-refractivity contribution in [2.24, 2.45) is 0 Å². The summed E-state index contributed by atoms with van der Waals surface area (Å²) in [5.74, 6) is -1.05. The minimum atomic E-state index is -0.944. The Morgan fingerprint density at radius 3 is 2.09 bits per heavy atom. The van der Waals surface area contributed by atoms with Gasteiger partial charge in [-0.3, -0.25) is 0 Å². The van der Waals surface area contributed by atoms with Crippen molar-refractivity contribution in [2.75, 3.05) is 0 Å². The monoisotopic (exact) mass is 330 g/mol. The molecule has 1 aromatic rings. The van der Waals surface area contributed by atoms with Crippen LogP contribution in [0.5, 0.6) is 5.75 Å². The Morgan fingerprint density at radius 2 is 1.55 bits per heavy atom. The van der Waals surface area contributed by atoms with Crippen molar-refractivity contribution in [2.45, 2.75) is 71.1 Å². The number of benzene rings is 1. The number of unbranched alkanes of at least 4 members (excludes halogenated alkanes) is 8. The van der Waals surface area contributed by atoms with Crippen LogP contribution in [0.15, 0.2) is 18.2 Å². The van der Waals surface area contributed by atoms with E-state index in [1.54, 1.807) is 0 Å². The molecule has 0 aliphatic rings. The van der Waals surface area contributed by atoms with Gasteiger partial charge in [-0.15, -0.1) is 5.75 Å². The Morgan fingerprint density at radius 1 is 1.00 bits per heavy atom. The molecule has 4 heteroatoms. The van der Waals surface area contributed by atoms with E-state index in [2.05, 4.69) is 6.92 Å². The van der Waals surface area contributed by atoms with E-state index in [1.807, 2.05) is 0 Å². The van der Waals surface area contributed by atoms with Crippen LogP contribution in [0.3, 0.4) is 0 Å². The molecule has 0 bridgehead atoms. The van der Waals surface area contributed by atoms with Crippen molar-refractivity contribution in [1.29, 1.82) is 0 Å². The standard InChI is InChI=1S/C18H28O3.K/c1-2-3-4-5-6-7-8-9-10-11-15-14-16(19)12-13-17(15)18(20)21;/h12-14,19H,2-11H2,1H3,(H,20,21);/q;+1/p-1. The zero-order chi connectivity index (χ0) is 15.5. The number of aromatic carboxylic acids is 1. The molecule has 0 spiro atoms. The van der Waals surface area contributed by atoms with E-state index in [-0.39, 0.29) is 62.7 Å². The van der Waals surface area contributed by atoms with E-state index in [4.69, 9.17) is 5.11 Å². The number of carboxylic acids is 1. The second-order valence-corrected chi connectivity index (χ2v) is 5.70. The minimum Gasteiger partial charge on any atom is -0.872 e. The van der Waals surface area contributed by atoms with Crippen LogP contribution in [0, 0.1) is 0 Å². The maximum atomic E-state index is 11.3. The van der Waals surface area contributed by atoms with Gasteiger partial charge < -0.3 is 10.2 Å². The fourth-order valence-corrected chi connectivity index (χ4v) is 2.61. The van der Waals surface area contributed by atoms with Gasteiger partial charge in [0.2, 0.25) is 0 Å². The molecule has 0 aromatic heterocycles. The van der Waals surface area contributed by atoms with Gasteiger partial charge in [0.05, 0.1) is 5.56 Å². The molecule has 3 nitrogen and oxygen atoms in total. The average Bonchev–Trinajstić information content (AvgIpc) is 2.45. The summed E-state index contributed by atoms with van der Waals surface area (Å²) < 4.78 is 0. The second kappa shape index (κ2) is 13.6. The van der Waals surface area contributed by atoms with E-state index < -0.39 is 5.97 Å². The largest absolute Gasteiger partial charge is 1.00 e. The van der Waals surface area contributed by atoms with Gasteiger partial charge in [-0.1, -0.05) is 70.4 Å². The summed E-state index contributed by atoms with van der Waals surface area (Å²) in [6.45, 7) is 2.22. The van der Waals surface area contributed by atoms with Crippen LogP contribution < -0.4 is 56.5 Å². The zero-order valence-corrected chi connectivity index (χ0v) is 17.2. The molecule has 22 heavy (non-hydrogen) atoms. The first-order valence-corrected chi connectivity index (χ1v) is 8.18. The topological polar surface area (TPSA) is 60.4 Å². The van der Waals surface area contributed by atoms with Crippen LogP contribution >= 0.6 is 0 Å². The van der Waals surface area contributed by atoms with Crippen molar-refractivity contribution in [3.8, 4) is 5.75 Å². The predicted octanol–water partition coefficient (Wildman–Crippen LogP) is 1.54. The number of hydrogen-bond acceptors (Lipinski definition) is 2. The van der Waals surface area contributed by atoms with Gasteiger partial charge in [0.25, 0.3) is 0 Å². The molecule has 1 aromatic carbocycles. The van der Waals surface area contributed by atoms with Gasteiger partial charge in [0.1, 0.15) is 0 Å². The van der Waals surface area contributed by atoms with Crippen molar-refractivity contribution >= 4 is 5.97 Å². The van der Waals surface area contributed by atoms with Crippen LogP contribution in [-0.4, -0.2) is 11.1 Å². The van der Waals surface area contributed by atoms with Gasteiger partial charge in [-0.25, -0.2) is 4.79 Å². The fraction of sp³-hybridized carbons (Fsp3) is 0.611. The smallest absolute Gasteiger partial charge is 0.872 e. The van der Waals surface area contributed by atoms with Crippen LogP contribution in [0.4, 0.5) is 0 Å². The summed E-state index contributed by atoms with van der Waals surface area (Å²) in [6.07, 6.45) is 11.8. The van der Waals surface area contributed by atoms with Gasteiger partial charge in [0, 0.05) is 0 Å². The van der Waals surface area contributed by atoms with Gasteiger partial charge in [-0.05, 0) is 24.5 Å². The molecular formula is C18H27KO3. The van der Waals surface area contributed by atoms with Gasteiger partial charge in [0.15, 0.2) is 0 Å². The molecule has 0 atom stereocenters. The first-order valence-electron chi connectivity index (χ1n) is 8.18. The third-order valence-electron chi connectivity index (χ3n) is 3.86. The molecule has 0 radical (unpaired) electrons. The first-order chi connectivity index (χ1) is 10.1. The summed E-state index contributed by atoms with van der Waals surface area (Å²) in [7, 11) is 0. The summed E-state index contributed by atoms with van der Waals surface area (Å²) in [4.78, 5) is 11.1. The van der Waals surface area contributed by atoms with Gasteiger partial charge >= 0.3 is 57.4 Å². The van der Waals surface area contributed by atoms with Crippen molar-refractivity contribution in [3.05, 3.63) is 29.3 Å². The normalized spacial score (nSPS) is 10.2. The van der Waals surface area contributed by atoms with E-state index in [9.17, 15) is 9.90 Å². The molecule has 0 heterocycles. The molecule has 118 valence electrons. The van der Waals surface area contributed by atoms with E-state index in [1.165, 1.54) is 63.1 Å². The predicted molar refractivity (Wildman–Crippen MR) is 83.8 cm³/mol. The molecular weight excluding hydrogens is 303 g/mol. The number of aryl methyl sites for hydroxylation is 1.